The van der Waals surface area contributed by atoms with E-state index in [9.17, 15) is 19.7 Å². The largest absolute Gasteiger partial charge is 0.471 e. The fourth-order valence-corrected chi connectivity index (χ4v) is 3.86. The number of unbranched alkanes of at least 4 members (excludes halogenated alkanes) is 1. The summed E-state index contributed by atoms with van der Waals surface area (Å²) in [5.74, 6) is -0.523. The van der Waals surface area contributed by atoms with Crippen LogP contribution < -0.4 is 10.3 Å². The van der Waals surface area contributed by atoms with E-state index in [1.165, 1.54) is 26.3 Å². The molecular weight excluding hydrogens is 544 g/mol. The third-order valence-corrected chi connectivity index (χ3v) is 5.74. The van der Waals surface area contributed by atoms with Gasteiger partial charge in [0.05, 0.1) is 29.2 Å². The second-order valence-corrected chi connectivity index (χ2v) is 8.89. The van der Waals surface area contributed by atoms with Gasteiger partial charge < -0.3 is 9.47 Å². The first kappa shape index (κ1) is 26.3. The number of aryl methyl sites for hydroxylation is 1. The van der Waals surface area contributed by atoms with Gasteiger partial charge in [-0.2, -0.15) is 9.78 Å². The second-order valence-electron chi connectivity index (χ2n) is 7.54. The number of halogens is 2. The Morgan fingerprint density at radius 3 is 2.77 bits per heavy atom. The van der Waals surface area contributed by atoms with Crippen molar-refractivity contribution in [2.24, 2.45) is 5.10 Å². The van der Waals surface area contributed by atoms with Gasteiger partial charge >= 0.3 is 11.7 Å². The summed E-state index contributed by atoms with van der Waals surface area (Å²) >= 11 is 9.46. The minimum absolute atomic E-state index is 0.0512. The standard InChI is InChI=1S/C23H22BrClN4O6/c1-4-5-6-20-27-18-8-7-15(24)10-17(18)22(30)28(20)26-12-14-9-16(25)11-19(29(32)33)21(14)35-13(2)23(31)34-3/h7-13H,4-6H2,1-3H3/t13-/m1/s1. The molecule has 1 heterocycles. The van der Waals surface area contributed by atoms with Gasteiger partial charge in [0.25, 0.3) is 5.56 Å². The number of ether oxygens (including phenoxy) is 2. The fourth-order valence-electron chi connectivity index (χ4n) is 3.28. The highest BCUT2D eigenvalue weighted by molar-refractivity contribution is 9.10. The monoisotopic (exact) mass is 564 g/mol. The fraction of sp³-hybridized carbons (Fsp3) is 0.304. The van der Waals surface area contributed by atoms with Crippen LogP contribution in [0, 0.1) is 10.1 Å². The van der Waals surface area contributed by atoms with Gasteiger partial charge in [-0.1, -0.05) is 40.9 Å². The molecule has 0 saturated carbocycles. The summed E-state index contributed by atoms with van der Waals surface area (Å²) in [6.45, 7) is 3.41. The zero-order chi connectivity index (χ0) is 25.7. The number of esters is 1. The van der Waals surface area contributed by atoms with Crippen molar-refractivity contribution in [3.63, 3.8) is 0 Å². The van der Waals surface area contributed by atoms with E-state index >= 15 is 0 Å². The summed E-state index contributed by atoms with van der Waals surface area (Å²) in [5.41, 5.74) is -0.234. The topological polar surface area (TPSA) is 126 Å². The van der Waals surface area contributed by atoms with Gasteiger partial charge in [0.2, 0.25) is 5.75 Å². The molecule has 10 nitrogen and oxygen atoms in total. The number of carbonyl (C=O) groups is 1. The molecule has 0 N–H and O–H groups in total. The number of fused-ring (bicyclic) bond motifs is 1. The Balaban J connectivity index is 2.19. The van der Waals surface area contributed by atoms with Crippen molar-refractivity contribution in [2.75, 3.05) is 7.11 Å². The third kappa shape index (κ3) is 6.04. The average Bonchev–Trinajstić information content (AvgIpc) is 2.83. The van der Waals surface area contributed by atoms with Gasteiger partial charge in [-0.15, -0.1) is 0 Å². The van der Waals surface area contributed by atoms with Crippen LogP contribution in [0.1, 0.15) is 38.1 Å². The first-order valence-electron chi connectivity index (χ1n) is 10.6. The van der Waals surface area contributed by atoms with Crippen LogP contribution in [0.5, 0.6) is 5.75 Å². The Labute approximate surface area is 213 Å². The van der Waals surface area contributed by atoms with Gasteiger partial charge in [0, 0.05) is 27.5 Å². The van der Waals surface area contributed by atoms with E-state index in [1.807, 2.05) is 6.92 Å². The van der Waals surface area contributed by atoms with Crippen LogP contribution in [0.4, 0.5) is 5.69 Å². The lowest BCUT2D eigenvalue weighted by atomic mass is 10.2. The molecule has 2 aromatic carbocycles. The molecule has 0 radical (unpaired) electrons. The number of carbonyl (C=O) groups excluding carboxylic acids is 1. The number of hydrogen-bond acceptors (Lipinski definition) is 8. The van der Waals surface area contributed by atoms with E-state index < -0.39 is 28.2 Å². The predicted octanol–water partition coefficient (Wildman–Crippen LogP) is 4.89. The van der Waals surface area contributed by atoms with E-state index in [0.717, 1.165) is 23.6 Å². The molecule has 184 valence electrons. The highest BCUT2D eigenvalue weighted by Crippen LogP contribution is 2.34. The summed E-state index contributed by atoms with van der Waals surface area (Å²) in [7, 11) is 1.18. The molecule has 0 fully saturated rings. The van der Waals surface area contributed by atoms with Gasteiger partial charge in [-0.05, 0) is 37.6 Å². The number of nitro benzene ring substituents is 1. The average molecular weight is 566 g/mol. The number of aromatic nitrogens is 2. The lowest BCUT2D eigenvalue weighted by molar-refractivity contribution is -0.386. The highest BCUT2D eigenvalue weighted by Gasteiger charge is 2.25. The van der Waals surface area contributed by atoms with Crippen molar-refractivity contribution in [3.8, 4) is 5.75 Å². The predicted molar refractivity (Wildman–Crippen MR) is 136 cm³/mol. The summed E-state index contributed by atoms with van der Waals surface area (Å²) in [5, 5.41) is 16.4. The van der Waals surface area contributed by atoms with E-state index in [2.05, 4.69) is 30.8 Å². The Morgan fingerprint density at radius 2 is 2.11 bits per heavy atom. The van der Waals surface area contributed by atoms with Crippen LogP contribution in [0.15, 0.2) is 44.7 Å². The molecule has 12 heteroatoms. The molecule has 0 aliphatic carbocycles. The number of nitrogens with zero attached hydrogens (tertiary/aromatic N) is 4. The molecule has 0 aliphatic heterocycles. The molecule has 1 aromatic heterocycles. The number of rotatable bonds is 9. The van der Waals surface area contributed by atoms with E-state index in [1.54, 1.807) is 18.2 Å². The van der Waals surface area contributed by atoms with Gasteiger partial charge in [0.15, 0.2) is 6.10 Å². The number of methoxy groups -OCH3 is 1. The maximum atomic E-state index is 13.3. The first-order chi connectivity index (χ1) is 16.7. The molecule has 0 spiro atoms. The van der Waals surface area contributed by atoms with Crippen LogP contribution in [0.25, 0.3) is 10.9 Å². The lowest BCUT2D eigenvalue weighted by Gasteiger charge is -2.15. The van der Waals surface area contributed by atoms with Gasteiger partial charge in [-0.25, -0.2) is 9.78 Å². The Hall–Kier alpha value is -3.31. The maximum absolute atomic E-state index is 13.3. The molecule has 0 unspecified atom stereocenters. The molecule has 0 amide bonds. The minimum Gasteiger partial charge on any atom is -0.471 e. The number of benzene rings is 2. The van der Waals surface area contributed by atoms with Crippen molar-refractivity contribution in [2.45, 2.75) is 39.2 Å². The van der Waals surface area contributed by atoms with E-state index in [4.69, 9.17) is 16.3 Å². The summed E-state index contributed by atoms with van der Waals surface area (Å²) < 4.78 is 12.1. The van der Waals surface area contributed by atoms with E-state index in [-0.39, 0.29) is 16.3 Å². The van der Waals surface area contributed by atoms with Crippen LogP contribution in [0.2, 0.25) is 5.02 Å². The third-order valence-electron chi connectivity index (χ3n) is 5.03. The van der Waals surface area contributed by atoms with Crippen molar-refractivity contribution in [1.82, 2.24) is 9.66 Å². The van der Waals surface area contributed by atoms with Crippen LogP contribution >= 0.6 is 27.5 Å². The minimum atomic E-state index is -1.14. The summed E-state index contributed by atoms with van der Waals surface area (Å²) in [4.78, 5) is 40.7. The summed E-state index contributed by atoms with van der Waals surface area (Å²) in [6.07, 6.45) is 2.22. The molecule has 1 atom stereocenters. The van der Waals surface area contributed by atoms with Crippen LogP contribution in [-0.2, 0) is 16.0 Å². The van der Waals surface area contributed by atoms with Crippen molar-refractivity contribution in [1.29, 1.82) is 0 Å². The number of nitro groups is 1. The molecule has 35 heavy (non-hydrogen) atoms. The molecular formula is C23H22BrClN4O6. The zero-order valence-electron chi connectivity index (χ0n) is 19.2. The Kier molecular flexibility index (Phi) is 8.57. The van der Waals surface area contributed by atoms with Gasteiger partial charge in [-0.3, -0.25) is 14.9 Å². The first-order valence-corrected chi connectivity index (χ1v) is 11.8. The van der Waals surface area contributed by atoms with Crippen LogP contribution in [0.3, 0.4) is 0 Å². The Bertz CT molecular complexity index is 1370. The molecule has 0 bridgehead atoms. The zero-order valence-corrected chi connectivity index (χ0v) is 21.5. The SMILES string of the molecule is CCCCc1nc2ccc(Br)cc2c(=O)n1N=Cc1cc(Cl)cc([N+](=O)[O-])c1O[C@H](C)C(=O)OC. The molecule has 3 aromatic rings. The second kappa shape index (κ2) is 11.4. The lowest BCUT2D eigenvalue weighted by Crippen LogP contribution is -2.26. The number of hydrogen-bond donors (Lipinski definition) is 0. The highest BCUT2D eigenvalue weighted by atomic mass is 79.9. The van der Waals surface area contributed by atoms with Crippen molar-refractivity contribution >= 4 is 56.3 Å². The van der Waals surface area contributed by atoms with E-state index in [0.29, 0.717) is 27.6 Å². The smallest absolute Gasteiger partial charge is 0.346 e. The van der Waals surface area contributed by atoms with Gasteiger partial charge in [0.1, 0.15) is 5.82 Å². The molecule has 0 aliphatic rings. The summed E-state index contributed by atoms with van der Waals surface area (Å²) in [6, 6.07) is 7.68. The van der Waals surface area contributed by atoms with Crippen LogP contribution in [-0.4, -0.2) is 40.0 Å². The Morgan fingerprint density at radius 1 is 1.37 bits per heavy atom. The normalized spacial score (nSPS) is 12.1. The van der Waals surface area contributed by atoms with Crippen molar-refractivity contribution in [3.05, 3.63) is 71.7 Å². The molecule has 0 saturated heterocycles. The molecule has 3 rings (SSSR count). The van der Waals surface area contributed by atoms with Crippen molar-refractivity contribution < 1.29 is 19.2 Å². The quantitative estimate of drug-likeness (QED) is 0.157. The maximum Gasteiger partial charge on any atom is 0.346 e.